The summed E-state index contributed by atoms with van der Waals surface area (Å²) in [4.78, 5) is 24.5. The van der Waals surface area contributed by atoms with Crippen LogP contribution in [0.4, 0.5) is 5.69 Å². The van der Waals surface area contributed by atoms with E-state index in [0.29, 0.717) is 18.0 Å². The number of primary amides is 1. The van der Waals surface area contributed by atoms with Crippen molar-refractivity contribution in [1.29, 1.82) is 0 Å². The molecule has 3 aromatic rings. The Kier molecular flexibility index (Phi) is 4.38. The fraction of sp³-hybridized carbons (Fsp3) is 0.333. The van der Waals surface area contributed by atoms with E-state index in [2.05, 4.69) is 11.4 Å². The highest BCUT2D eigenvalue weighted by Crippen LogP contribution is 2.40. The smallest absolute Gasteiger partial charge is 0.250 e. The van der Waals surface area contributed by atoms with Gasteiger partial charge in [0.15, 0.2) is 0 Å². The van der Waals surface area contributed by atoms with E-state index in [1.807, 2.05) is 41.0 Å². The number of rotatable bonds is 4. The van der Waals surface area contributed by atoms with Crippen molar-refractivity contribution in [3.8, 4) is 11.1 Å². The van der Waals surface area contributed by atoms with Gasteiger partial charge in [0.05, 0.1) is 11.1 Å². The van der Waals surface area contributed by atoms with Crippen LogP contribution in [0.1, 0.15) is 59.4 Å². The first-order chi connectivity index (χ1) is 14.1. The maximum absolute atomic E-state index is 12.5. The summed E-state index contributed by atoms with van der Waals surface area (Å²) in [5.74, 6) is -0.270. The summed E-state index contributed by atoms with van der Waals surface area (Å²) in [6.07, 6.45) is 7.21. The van der Waals surface area contributed by atoms with Crippen molar-refractivity contribution >= 4 is 28.4 Å². The summed E-state index contributed by atoms with van der Waals surface area (Å²) in [6.45, 7) is 0. The minimum absolute atomic E-state index is 0.150. The normalized spacial score (nSPS) is 16.9. The van der Waals surface area contributed by atoms with E-state index >= 15 is 0 Å². The Morgan fingerprint density at radius 1 is 1.03 bits per heavy atom. The van der Waals surface area contributed by atoms with Gasteiger partial charge in [-0.2, -0.15) is 0 Å². The molecule has 0 spiro atoms. The maximum atomic E-state index is 12.5. The van der Waals surface area contributed by atoms with E-state index in [9.17, 15) is 9.59 Å². The van der Waals surface area contributed by atoms with Crippen molar-refractivity contribution in [2.75, 3.05) is 5.32 Å². The molecular weight excluding hydrogens is 362 g/mol. The summed E-state index contributed by atoms with van der Waals surface area (Å²) < 4.78 is 1.86. The van der Waals surface area contributed by atoms with Gasteiger partial charge in [0.1, 0.15) is 0 Å². The minimum atomic E-state index is -0.419. The summed E-state index contributed by atoms with van der Waals surface area (Å²) >= 11 is 0. The number of amides is 1. The van der Waals surface area contributed by atoms with E-state index in [0.717, 1.165) is 52.7 Å². The molecule has 1 amide bonds. The molecule has 1 aromatic heterocycles. The number of hydrogen-bond donors (Lipinski definition) is 2. The fourth-order valence-corrected chi connectivity index (χ4v) is 4.97. The number of aromatic nitrogens is 1. The molecule has 2 aliphatic rings. The van der Waals surface area contributed by atoms with Crippen LogP contribution in [0.2, 0.25) is 0 Å². The number of fused-ring (bicyclic) bond motifs is 3. The molecule has 2 heterocycles. The Labute approximate surface area is 169 Å². The van der Waals surface area contributed by atoms with E-state index in [4.69, 9.17) is 5.73 Å². The average molecular weight is 387 g/mol. The molecule has 2 aromatic carbocycles. The molecule has 1 aliphatic heterocycles. The zero-order valence-electron chi connectivity index (χ0n) is 16.4. The third-order valence-corrected chi connectivity index (χ3v) is 6.34. The van der Waals surface area contributed by atoms with Crippen molar-refractivity contribution in [1.82, 2.24) is 4.57 Å². The van der Waals surface area contributed by atoms with Crippen molar-refractivity contribution < 1.29 is 9.59 Å². The summed E-state index contributed by atoms with van der Waals surface area (Å²) in [6, 6.07) is 14.2. The minimum Gasteiger partial charge on any atom is -0.382 e. The van der Waals surface area contributed by atoms with E-state index in [1.165, 1.54) is 19.3 Å². The lowest BCUT2D eigenvalue weighted by Crippen LogP contribution is -2.24. The van der Waals surface area contributed by atoms with Crippen LogP contribution in [-0.2, 0) is 6.42 Å². The zero-order valence-corrected chi connectivity index (χ0v) is 16.4. The molecule has 5 rings (SSSR count). The first-order valence-corrected chi connectivity index (χ1v) is 10.5. The Bertz CT molecular complexity index is 1120. The predicted octanol–water partition coefficient (Wildman–Crippen LogP) is 4.74. The summed E-state index contributed by atoms with van der Waals surface area (Å²) in [7, 11) is 0. The number of anilines is 1. The number of carbonyl (C=O) groups is 2. The molecule has 1 aliphatic carbocycles. The second-order valence-electron chi connectivity index (χ2n) is 8.17. The highest BCUT2D eigenvalue weighted by atomic mass is 16.2. The lowest BCUT2D eigenvalue weighted by atomic mass is 9.94. The van der Waals surface area contributed by atoms with Gasteiger partial charge in [-0.05, 0) is 43.0 Å². The van der Waals surface area contributed by atoms with Crippen molar-refractivity contribution in [3.05, 3.63) is 53.7 Å². The molecule has 148 valence electrons. The zero-order chi connectivity index (χ0) is 20.0. The molecule has 0 radical (unpaired) electrons. The third-order valence-electron chi connectivity index (χ3n) is 6.34. The molecule has 5 heteroatoms. The number of para-hydroxylation sites is 1. The standard InChI is InChI=1S/C24H25N3O2/c25-24(29)17-11-10-15(14-19(17)26-16-6-2-1-3-7-16)23-18-8-4-5-9-20(18)27-21(23)12-13-22(27)28/h4-5,8-11,14,16,26H,1-3,6-7,12-13H2,(H2,25,29). The van der Waals surface area contributed by atoms with Crippen LogP contribution >= 0.6 is 0 Å². The Morgan fingerprint density at radius 3 is 2.62 bits per heavy atom. The second kappa shape index (κ2) is 7.07. The quantitative estimate of drug-likeness (QED) is 0.679. The van der Waals surface area contributed by atoms with E-state index < -0.39 is 5.91 Å². The van der Waals surface area contributed by atoms with Gasteiger partial charge in [-0.3, -0.25) is 14.2 Å². The van der Waals surface area contributed by atoms with Crippen LogP contribution in [0.15, 0.2) is 42.5 Å². The average Bonchev–Trinajstić information content (AvgIpc) is 3.26. The Balaban J connectivity index is 1.65. The number of benzene rings is 2. The molecule has 1 saturated carbocycles. The van der Waals surface area contributed by atoms with Crippen LogP contribution in [0.25, 0.3) is 22.0 Å². The molecule has 1 fully saturated rings. The fourth-order valence-electron chi connectivity index (χ4n) is 4.97. The lowest BCUT2D eigenvalue weighted by molar-refractivity contribution is 0.0927. The monoisotopic (exact) mass is 387 g/mol. The van der Waals surface area contributed by atoms with Gasteiger partial charge >= 0.3 is 0 Å². The Hall–Kier alpha value is -3.08. The molecule has 0 atom stereocenters. The molecule has 0 unspecified atom stereocenters. The van der Waals surface area contributed by atoms with E-state index in [-0.39, 0.29) is 5.91 Å². The third kappa shape index (κ3) is 3.01. The number of nitrogens with two attached hydrogens (primary N) is 1. The number of nitrogens with zero attached hydrogens (tertiary/aromatic N) is 1. The second-order valence-corrected chi connectivity index (χ2v) is 8.17. The van der Waals surface area contributed by atoms with Crippen LogP contribution in [0.3, 0.4) is 0 Å². The molecule has 0 bridgehead atoms. The number of hydrogen-bond acceptors (Lipinski definition) is 3. The van der Waals surface area contributed by atoms with Crippen LogP contribution in [0, 0.1) is 0 Å². The van der Waals surface area contributed by atoms with E-state index in [1.54, 1.807) is 0 Å². The van der Waals surface area contributed by atoms with Crippen molar-refractivity contribution in [2.24, 2.45) is 5.73 Å². The summed E-state index contributed by atoms with van der Waals surface area (Å²) in [5.41, 5.74) is 11.1. The number of nitrogens with one attached hydrogen (secondary N) is 1. The molecular formula is C24H25N3O2. The molecule has 0 saturated heterocycles. The van der Waals surface area contributed by atoms with Crippen LogP contribution in [-0.4, -0.2) is 22.4 Å². The van der Waals surface area contributed by atoms with Crippen LogP contribution in [0.5, 0.6) is 0 Å². The van der Waals surface area contributed by atoms with Gasteiger partial charge in [-0.25, -0.2) is 0 Å². The SMILES string of the molecule is NC(=O)c1ccc(-c2c3n(c4ccccc24)C(=O)CC3)cc1NC1CCCCC1. The van der Waals surface area contributed by atoms with Gasteiger partial charge in [0.2, 0.25) is 5.91 Å². The number of carbonyl (C=O) groups excluding carboxylic acids is 2. The van der Waals surface area contributed by atoms with Gasteiger partial charge in [-0.1, -0.05) is 43.5 Å². The first kappa shape index (κ1) is 18.0. The largest absolute Gasteiger partial charge is 0.382 e. The molecule has 3 N–H and O–H groups in total. The lowest BCUT2D eigenvalue weighted by Gasteiger charge is -2.25. The first-order valence-electron chi connectivity index (χ1n) is 10.5. The van der Waals surface area contributed by atoms with Crippen molar-refractivity contribution in [3.63, 3.8) is 0 Å². The Morgan fingerprint density at radius 2 is 1.83 bits per heavy atom. The molecule has 5 nitrogen and oxygen atoms in total. The van der Waals surface area contributed by atoms with Gasteiger partial charge < -0.3 is 11.1 Å². The van der Waals surface area contributed by atoms with Gasteiger partial charge in [-0.15, -0.1) is 0 Å². The van der Waals surface area contributed by atoms with Gasteiger partial charge in [0.25, 0.3) is 5.91 Å². The highest BCUT2D eigenvalue weighted by Gasteiger charge is 2.28. The summed E-state index contributed by atoms with van der Waals surface area (Å²) in [5, 5.41) is 4.66. The highest BCUT2D eigenvalue weighted by molar-refractivity contribution is 6.07. The predicted molar refractivity (Wildman–Crippen MR) is 115 cm³/mol. The van der Waals surface area contributed by atoms with Gasteiger partial charge in [0, 0.05) is 34.8 Å². The van der Waals surface area contributed by atoms with Crippen molar-refractivity contribution in [2.45, 2.75) is 51.0 Å². The van der Waals surface area contributed by atoms with Crippen LogP contribution < -0.4 is 11.1 Å². The maximum Gasteiger partial charge on any atom is 0.250 e. The molecule has 29 heavy (non-hydrogen) atoms. The topological polar surface area (TPSA) is 77.1 Å².